The van der Waals surface area contributed by atoms with Crippen LogP contribution in [-0.4, -0.2) is 36.2 Å². The molecule has 0 saturated carbocycles. The summed E-state index contributed by atoms with van der Waals surface area (Å²) in [4.78, 5) is 16.9. The molecule has 6 heterocycles. The molecule has 0 aromatic carbocycles. The summed E-state index contributed by atoms with van der Waals surface area (Å²) in [6, 6.07) is 8.81. The van der Waals surface area contributed by atoms with Crippen LogP contribution in [0.25, 0.3) is 55.6 Å². The van der Waals surface area contributed by atoms with Crippen molar-refractivity contribution in [1.82, 2.24) is 30.1 Å². The smallest absolute Gasteiger partial charge is 0.181 e. The molecular weight excluding hydrogens is 430 g/mol. The van der Waals surface area contributed by atoms with Crippen LogP contribution in [0.3, 0.4) is 0 Å². The van der Waals surface area contributed by atoms with Gasteiger partial charge in [0.15, 0.2) is 5.65 Å². The lowest BCUT2D eigenvalue weighted by Gasteiger charge is -2.10. The van der Waals surface area contributed by atoms with E-state index in [-0.39, 0.29) is 0 Å². The fraction of sp³-hybridized carbons (Fsp3) is 0.120. The third-order valence-corrected chi connectivity index (χ3v) is 6.27. The molecule has 162 valence electrons. The Morgan fingerprint density at radius 3 is 2.64 bits per heavy atom. The average molecular weight is 452 g/mol. The number of nitrogens with zero attached hydrogens (tertiary/aromatic N) is 4. The standard InChI is InChI=1S/C25H21N7S/c1-14(2)29-18-5-16(8-26-10-18)17-6-20-24(31-32-25(20)28-9-17)22-7-19-21(15-3-4-33-13-15)11-27-12-23(19)30-22/h3-14,29-30H,1-2H3,(H,28,31,32). The number of nitrogens with one attached hydrogen (secondary N) is 3. The lowest BCUT2D eigenvalue weighted by molar-refractivity contribution is 0.898. The van der Waals surface area contributed by atoms with E-state index in [9.17, 15) is 0 Å². The second kappa shape index (κ2) is 7.83. The van der Waals surface area contributed by atoms with Crippen molar-refractivity contribution >= 4 is 39.0 Å². The number of anilines is 1. The van der Waals surface area contributed by atoms with Crippen LogP contribution in [0.4, 0.5) is 5.69 Å². The van der Waals surface area contributed by atoms with Crippen LogP contribution in [0.1, 0.15) is 13.8 Å². The van der Waals surface area contributed by atoms with E-state index >= 15 is 0 Å². The van der Waals surface area contributed by atoms with E-state index in [0.717, 1.165) is 50.1 Å². The summed E-state index contributed by atoms with van der Waals surface area (Å²) in [5.41, 5.74) is 8.76. The highest BCUT2D eigenvalue weighted by atomic mass is 32.1. The van der Waals surface area contributed by atoms with Gasteiger partial charge >= 0.3 is 0 Å². The van der Waals surface area contributed by atoms with Gasteiger partial charge in [0.25, 0.3) is 0 Å². The number of pyridine rings is 3. The van der Waals surface area contributed by atoms with Crippen molar-refractivity contribution in [1.29, 1.82) is 0 Å². The first-order valence-electron chi connectivity index (χ1n) is 10.7. The van der Waals surface area contributed by atoms with Gasteiger partial charge in [-0.1, -0.05) is 0 Å². The van der Waals surface area contributed by atoms with E-state index in [2.05, 4.69) is 84.3 Å². The Morgan fingerprint density at radius 1 is 0.909 bits per heavy atom. The molecule has 0 aliphatic carbocycles. The highest BCUT2D eigenvalue weighted by Crippen LogP contribution is 2.35. The normalized spacial score (nSPS) is 11.6. The van der Waals surface area contributed by atoms with Gasteiger partial charge in [-0.05, 0) is 54.4 Å². The monoisotopic (exact) mass is 451 g/mol. The molecule has 0 amide bonds. The second-order valence-corrected chi connectivity index (χ2v) is 9.08. The molecule has 6 rings (SSSR count). The molecule has 3 N–H and O–H groups in total. The van der Waals surface area contributed by atoms with Crippen LogP contribution in [0, 0.1) is 0 Å². The maximum atomic E-state index is 4.59. The van der Waals surface area contributed by atoms with E-state index in [1.165, 1.54) is 5.56 Å². The van der Waals surface area contributed by atoms with Crippen molar-refractivity contribution in [2.45, 2.75) is 19.9 Å². The molecule has 0 atom stereocenters. The number of thiophene rings is 1. The van der Waals surface area contributed by atoms with Gasteiger partial charge < -0.3 is 10.3 Å². The summed E-state index contributed by atoms with van der Waals surface area (Å²) in [7, 11) is 0. The molecular formula is C25H21N7S. The Labute approximate surface area is 194 Å². The number of fused-ring (bicyclic) bond motifs is 2. The molecule has 0 radical (unpaired) electrons. The lowest BCUT2D eigenvalue weighted by atomic mass is 10.1. The molecule has 33 heavy (non-hydrogen) atoms. The molecule has 0 aliphatic heterocycles. The number of aromatic amines is 2. The van der Waals surface area contributed by atoms with Crippen molar-refractivity contribution in [2.24, 2.45) is 0 Å². The van der Waals surface area contributed by atoms with E-state index in [1.54, 1.807) is 11.3 Å². The zero-order valence-corrected chi connectivity index (χ0v) is 18.9. The van der Waals surface area contributed by atoms with Crippen LogP contribution in [0.5, 0.6) is 0 Å². The first kappa shape index (κ1) is 19.6. The Bertz CT molecular complexity index is 1580. The Kier molecular flexibility index (Phi) is 4.66. The first-order valence-corrected chi connectivity index (χ1v) is 11.7. The zero-order valence-electron chi connectivity index (χ0n) is 18.1. The van der Waals surface area contributed by atoms with E-state index in [0.29, 0.717) is 11.7 Å². The van der Waals surface area contributed by atoms with E-state index in [4.69, 9.17) is 0 Å². The van der Waals surface area contributed by atoms with Gasteiger partial charge in [0.2, 0.25) is 0 Å². The summed E-state index contributed by atoms with van der Waals surface area (Å²) >= 11 is 1.68. The number of hydrogen-bond donors (Lipinski definition) is 3. The predicted molar refractivity (Wildman–Crippen MR) is 134 cm³/mol. The number of hydrogen-bond acceptors (Lipinski definition) is 6. The van der Waals surface area contributed by atoms with E-state index < -0.39 is 0 Å². The zero-order chi connectivity index (χ0) is 22.4. The van der Waals surface area contributed by atoms with Crippen molar-refractivity contribution in [3.8, 4) is 33.6 Å². The van der Waals surface area contributed by atoms with Crippen LogP contribution in [-0.2, 0) is 0 Å². The molecule has 7 nitrogen and oxygen atoms in total. The number of H-pyrrole nitrogens is 2. The van der Waals surface area contributed by atoms with Crippen LogP contribution < -0.4 is 5.32 Å². The molecule has 0 spiro atoms. The van der Waals surface area contributed by atoms with Crippen molar-refractivity contribution in [3.63, 3.8) is 0 Å². The summed E-state index contributed by atoms with van der Waals surface area (Å²) in [5.74, 6) is 0. The SMILES string of the molecule is CC(C)Nc1cncc(-c2cnc3n[nH]c(-c4cc5c(-c6ccsc6)cncc5[nH]4)c3c2)c1. The van der Waals surface area contributed by atoms with Gasteiger partial charge in [-0.3, -0.25) is 15.1 Å². The maximum Gasteiger partial charge on any atom is 0.181 e. The van der Waals surface area contributed by atoms with Gasteiger partial charge in [-0.15, -0.1) is 0 Å². The highest BCUT2D eigenvalue weighted by molar-refractivity contribution is 7.08. The molecule has 0 fully saturated rings. The quantitative estimate of drug-likeness (QED) is 0.294. The summed E-state index contributed by atoms with van der Waals surface area (Å²) in [6.07, 6.45) is 9.30. The van der Waals surface area contributed by atoms with Crippen molar-refractivity contribution < 1.29 is 0 Å². The van der Waals surface area contributed by atoms with Gasteiger partial charge in [0, 0.05) is 58.3 Å². The molecule has 6 aromatic rings. The van der Waals surface area contributed by atoms with Gasteiger partial charge in [-0.2, -0.15) is 16.4 Å². The van der Waals surface area contributed by atoms with Crippen LogP contribution in [0.15, 0.2) is 66.0 Å². The highest BCUT2D eigenvalue weighted by Gasteiger charge is 2.15. The van der Waals surface area contributed by atoms with Gasteiger partial charge in [0.05, 0.1) is 28.8 Å². The fourth-order valence-electron chi connectivity index (χ4n) is 4.11. The topological polar surface area (TPSA) is 95.2 Å². The molecule has 0 saturated heterocycles. The minimum Gasteiger partial charge on any atom is -0.382 e. The van der Waals surface area contributed by atoms with Gasteiger partial charge in [-0.25, -0.2) is 4.98 Å². The minimum absolute atomic E-state index is 0.332. The summed E-state index contributed by atoms with van der Waals surface area (Å²) in [6.45, 7) is 4.22. The first-order chi connectivity index (χ1) is 16.2. The van der Waals surface area contributed by atoms with E-state index in [1.807, 2.05) is 31.0 Å². The molecule has 0 bridgehead atoms. The number of rotatable bonds is 5. The summed E-state index contributed by atoms with van der Waals surface area (Å²) < 4.78 is 0. The molecule has 0 aliphatic rings. The maximum absolute atomic E-state index is 4.59. The Morgan fingerprint density at radius 2 is 1.79 bits per heavy atom. The third kappa shape index (κ3) is 3.54. The van der Waals surface area contributed by atoms with Crippen LogP contribution in [0.2, 0.25) is 0 Å². The Balaban J connectivity index is 1.45. The predicted octanol–water partition coefficient (Wildman–Crippen LogP) is 6.11. The summed E-state index contributed by atoms with van der Waals surface area (Å²) in [5, 5.41) is 17.3. The second-order valence-electron chi connectivity index (χ2n) is 8.30. The number of aromatic nitrogens is 6. The van der Waals surface area contributed by atoms with Crippen LogP contribution >= 0.6 is 11.3 Å². The molecule has 6 aromatic heterocycles. The van der Waals surface area contributed by atoms with Gasteiger partial charge in [0.1, 0.15) is 0 Å². The average Bonchev–Trinajstić information content (AvgIpc) is 3.57. The minimum atomic E-state index is 0.332. The van der Waals surface area contributed by atoms with Crippen molar-refractivity contribution in [2.75, 3.05) is 5.32 Å². The lowest BCUT2D eigenvalue weighted by Crippen LogP contribution is -2.09. The van der Waals surface area contributed by atoms with Crippen molar-refractivity contribution in [3.05, 3.63) is 66.0 Å². The third-order valence-electron chi connectivity index (χ3n) is 5.58. The fourth-order valence-corrected chi connectivity index (χ4v) is 4.76. The Hall–Kier alpha value is -4.04. The largest absolute Gasteiger partial charge is 0.382 e. The molecule has 8 heteroatoms. The molecule has 0 unspecified atom stereocenters.